The number of imidazole rings is 1. The maximum absolute atomic E-state index is 4.44. The highest BCUT2D eigenvalue weighted by Gasteiger charge is 2.05. The molecule has 0 unspecified atom stereocenters. The standard InChI is InChI=1S/C15H18N6/c1-4-16-14-7-9(2)17-15(21-14)20-11-5-6-12-13(8-11)19-10(3)18-12/h5-8H,4H2,1-3H3,(H,18,19)(H2,16,17,20,21). The van der Waals surface area contributed by atoms with Crippen molar-refractivity contribution in [3.63, 3.8) is 0 Å². The summed E-state index contributed by atoms with van der Waals surface area (Å²) >= 11 is 0. The highest BCUT2D eigenvalue weighted by atomic mass is 15.1. The van der Waals surface area contributed by atoms with Crippen molar-refractivity contribution in [1.82, 2.24) is 19.9 Å². The monoisotopic (exact) mass is 282 g/mol. The molecule has 0 saturated heterocycles. The average molecular weight is 282 g/mol. The molecule has 1 aromatic carbocycles. The van der Waals surface area contributed by atoms with Crippen LogP contribution < -0.4 is 10.6 Å². The number of nitrogens with zero attached hydrogens (tertiary/aromatic N) is 3. The predicted molar refractivity (Wildman–Crippen MR) is 85.0 cm³/mol. The topological polar surface area (TPSA) is 78.5 Å². The highest BCUT2D eigenvalue weighted by Crippen LogP contribution is 2.20. The Balaban J connectivity index is 1.90. The van der Waals surface area contributed by atoms with Gasteiger partial charge in [0.2, 0.25) is 5.95 Å². The van der Waals surface area contributed by atoms with Crippen LogP contribution in [-0.4, -0.2) is 26.5 Å². The van der Waals surface area contributed by atoms with E-state index in [0.29, 0.717) is 5.95 Å². The summed E-state index contributed by atoms with van der Waals surface area (Å²) in [7, 11) is 0. The molecule has 6 nitrogen and oxygen atoms in total. The zero-order valence-electron chi connectivity index (χ0n) is 12.4. The third-order valence-corrected chi connectivity index (χ3v) is 3.07. The van der Waals surface area contributed by atoms with Crippen LogP contribution in [0.4, 0.5) is 17.5 Å². The lowest BCUT2D eigenvalue weighted by Crippen LogP contribution is -2.04. The molecule has 0 fully saturated rings. The zero-order valence-corrected chi connectivity index (χ0v) is 12.4. The van der Waals surface area contributed by atoms with Gasteiger partial charge < -0.3 is 15.6 Å². The first-order valence-corrected chi connectivity index (χ1v) is 6.97. The van der Waals surface area contributed by atoms with Crippen LogP contribution in [0.3, 0.4) is 0 Å². The Labute approximate surface area is 123 Å². The molecule has 0 aliphatic carbocycles. The lowest BCUT2D eigenvalue weighted by molar-refractivity contribution is 1.08. The van der Waals surface area contributed by atoms with Gasteiger partial charge in [-0.15, -0.1) is 0 Å². The first kappa shape index (κ1) is 13.4. The van der Waals surface area contributed by atoms with E-state index >= 15 is 0 Å². The van der Waals surface area contributed by atoms with Crippen molar-refractivity contribution < 1.29 is 0 Å². The molecule has 0 aliphatic rings. The van der Waals surface area contributed by atoms with E-state index in [-0.39, 0.29) is 0 Å². The first-order chi connectivity index (χ1) is 10.1. The van der Waals surface area contributed by atoms with Crippen molar-refractivity contribution in [1.29, 1.82) is 0 Å². The van der Waals surface area contributed by atoms with Gasteiger partial charge in [-0.05, 0) is 39.0 Å². The quantitative estimate of drug-likeness (QED) is 0.685. The molecule has 0 aliphatic heterocycles. The number of anilines is 3. The van der Waals surface area contributed by atoms with Crippen molar-refractivity contribution >= 4 is 28.5 Å². The van der Waals surface area contributed by atoms with Gasteiger partial charge in [0.05, 0.1) is 11.0 Å². The number of fused-ring (bicyclic) bond motifs is 1. The fourth-order valence-corrected chi connectivity index (χ4v) is 2.24. The molecule has 6 heteroatoms. The minimum Gasteiger partial charge on any atom is -0.370 e. The molecular weight excluding hydrogens is 264 g/mol. The molecule has 3 N–H and O–H groups in total. The van der Waals surface area contributed by atoms with E-state index in [1.165, 1.54) is 0 Å². The van der Waals surface area contributed by atoms with E-state index in [1.807, 2.05) is 45.0 Å². The molecule has 21 heavy (non-hydrogen) atoms. The van der Waals surface area contributed by atoms with E-state index in [4.69, 9.17) is 0 Å². The second kappa shape index (κ2) is 5.40. The third kappa shape index (κ3) is 2.94. The van der Waals surface area contributed by atoms with Gasteiger partial charge >= 0.3 is 0 Å². The van der Waals surface area contributed by atoms with Crippen LogP contribution in [0.2, 0.25) is 0 Å². The van der Waals surface area contributed by atoms with Crippen LogP contribution in [0, 0.1) is 13.8 Å². The zero-order chi connectivity index (χ0) is 14.8. The maximum atomic E-state index is 4.44. The Morgan fingerprint density at radius 2 is 1.95 bits per heavy atom. The van der Waals surface area contributed by atoms with Crippen LogP contribution in [0.1, 0.15) is 18.4 Å². The molecule has 2 heterocycles. The predicted octanol–water partition coefficient (Wildman–Crippen LogP) is 3.15. The Morgan fingerprint density at radius 1 is 1.10 bits per heavy atom. The fraction of sp³-hybridized carbons (Fsp3) is 0.267. The first-order valence-electron chi connectivity index (χ1n) is 6.97. The van der Waals surface area contributed by atoms with Gasteiger partial charge in [-0.1, -0.05) is 0 Å². The Morgan fingerprint density at radius 3 is 2.76 bits per heavy atom. The maximum Gasteiger partial charge on any atom is 0.229 e. The Bertz CT molecular complexity index is 777. The van der Waals surface area contributed by atoms with E-state index in [2.05, 4.69) is 30.6 Å². The van der Waals surface area contributed by atoms with E-state index in [0.717, 1.165) is 40.6 Å². The third-order valence-electron chi connectivity index (χ3n) is 3.07. The van der Waals surface area contributed by atoms with Gasteiger partial charge in [0.25, 0.3) is 0 Å². The summed E-state index contributed by atoms with van der Waals surface area (Å²) in [5.41, 5.74) is 3.79. The second-order valence-electron chi connectivity index (χ2n) is 4.93. The van der Waals surface area contributed by atoms with Gasteiger partial charge in [0, 0.05) is 24.0 Å². The molecule has 0 bridgehead atoms. The number of rotatable bonds is 4. The van der Waals surface area contributed by atoms with Gasteiger partial charge in [-0.2, -0.15) is 4.98 Å². The van der Waals surface area contributed by atoms with Crippen LogP contribution in [0.15, 0.2) is 24.3 Å². The van der Waals surface area contributed by atoms with Crippen molar-refractivity contribution in [3.05, 3.63) is 35.8 Å². The molecular formula is C15H18N6. The van der Waals surface area contributed by atoms with Crippen molar-refractivity contribution in [3.8, 4) is 0 Å². The normalized spacial score (nSPS) is 10.8. The van der Waals surface area contributed by atoms with E-state index in [1.54, 1.807) is 0 Å². The van der Waals surface area contributed by atoms with Crippen LogP contribution in [-0.2, 0) is 0 Å². The highest BCUT2D eigenvalue weighted by molar-refractivity contribution is 5.80. The molecule has 0 amide bonds. The minimum absolute atomic E-state index is 0.581. The molecule has 3 rings (SSSR count). The summed E-state index contributed by atoms with van der Waals surface area (Å²) in [4.78, 5) is 16.5. The number of aryl methyl sites for hydroxylation is 2. The number of hydrogen-bond acceptors (Lipinski definition) is 5. The largest absolute Gasteiger partial charge is 0.370 e. The number of nitrogens with one attached hydrogen (secondary N) is 3. The van der Waals surface area contributed by atoms with E-state index in [9.17, 15) is 0 Å². The smallest absolute Gasteiger partial charge is 0.229 e. The SMILES string of the molecule is CCNc1cc(C)nc(Nc2ccc3[nH]c(C)nc3c2)n1. The summed E-state index contributed by atoms with van der Waals surface area (Å²) in [6.45, 7) is 6.76. The molecule has 3 aromatic rings. The fourth-order valence-electron chi connectivity index (χ4n) is 2.24. The van der Waals surface area contributed by atoms with Crippen molar-refractivity contribution in [2.75, 3.05) is 17.2 Å². The van der Waals surface area contributed by atoms with Crippen molar-refractivity contribution in [2.45, 2.75) is 20.8 Å². The second-order valence-corrected chi connectivity index (χ2v) is 4.93. The van der Waals surface area contributed by atoms with Gasteiger partial charge in [-0.3, -0.25) is 0 Å². The van der Waals surface area contributed by atoms with Crippen LogP contribution in [0.5, 0.6) is 0 Å². The van der Waals surface area contributed by atoms with Crippen LogP contribution in [0.25, 0.3) is 11.0 Å². The number of H-pyrrole nitrogens is 1. The number of benzene rings is 1. The molecule has 2 aromatic heterocycles. The summed E-state index contributed by atoms with van der Waals surface area (Å²) in [5, 5.41) is 6.43. The molecule has 0 saturated carbocycles. The van der Waals surface area contributed by atoms with Gasteiger partial charge in [0.15, 0.2) is 0 Å². The lowest BCUT2D eigenvalue weighted by Gasteiger charge is -2.08. The molecule has 0 spiro atoms. The van der Waals surface area contributed by atoms with Crippen molar-refractivity contribution in [2.24, 2.45) is 0 Å². The molecule has 108 valence electrons. The molecule has 0 radical (unpaired) electrons. The average Bonchev–Trinajstić information content (AvgIpc) is 2.77. The van der Waals surface area contributed by atoms with Crippen LogP contribution >= 0.6 is 0 Å². The molecule has 0 atom stereocenters. The van der Waals surface area contributed by atoms with E-state index < -0.39 is 0 Å². The van der Waals surface area contributed by atoms with Gasteiger partial charge in [0.1, 0.15) is 11.6 Å². The Kier molecular flexibility index (Phi) is 3.43. The summed E-state index contributed by atoms with van der Waals surface area (Å²) in [6, 6.07) is 7.89. The Hall–Kier alpha value is -2.63. The number of hydrogen-bond donors (Lipinski definition) is 3. The lowest BCUT2D eigenvalue weighted by atomic mass is 10.3. The summed E-state index contributed by atoms with van der Waals surface area (Å²) < 4.78 is 0. The summed E-state index contributed by atoms with van der Waals surface area (Å²) in [5.74, 6) is 2.31. The number of aromatic amines is 1. The number of aromatic nitrogens is 4. The minimum atomic E-state index is 0.581. The summed E-state index contributed by atoms with van der Waals surface area (Å²) in [6.07, 6.45) is 0. The van der Waals surface area contributed by atoms with Gasteiger partial charge in [-0.25, -0.2) is 9.97 Å².